The van der Waals surface area contributed by atoms with Crippen molar-refractivity contribution in [2.75, 3.05) is 26.2 Å². The summed E-state index contributed by atoms with van der Waals surface area (Å²) in [5.74, 6) is 0.929. The normalized spacial score (nSPS) is 28.3. The summed E-state index contributed by atoms with van der Waals surface area (Å²) >= 11 is 0. The van der Waals surface area contributed by atoms with E-state index in [9.17, 15) is 0 Å². The molecule has 0 aromatic carbocycles. The highest BCUT2D eigenvalue weighted by molar-refractivity contribution is 5.75. The van der Waals surface area contributed by atoms with Gasteiger partial charge in [0.25, 0.3) is 0 Å². The van der Waals surface area contributed by atoms with Gasteiger partial charge in [0.15, 0.2) is 0 Å². The average molecular weight is 263 g/mol. The van der Waals surface area contributed by atoms with E-state index in [1.54, 1.807) is 0 Å². The van der Waals surface area contributed by atoms with Crippen molar-refractivity contribution in [2.45, 2.75) is 51.6 Å². The Kier molecular flexibility index (Phi) is 5.59. The molecule has 3 nitrogen and oxygen atoms in total. The average Bonchev–Trinajstić information content (AvgIpc) is 2.94. The van der Waals surface area contributed by atoms with Crippen LogP contribution in [0.1, 0.15) is 46.0 Å². The SMILES string of the molecule is CCNCCCC1CCN(C2(CC)C=CC=N2)CC1. The number of nitrogens with one attached hydrogen (secondary N) is 1. The highest BCUT2D eigenvalue weighted by Crippen LogP contribution is 2.32. The van der Waals surface area contributed by atoms with Gasteiger partial charge in [-0.3, -0.25) is 9.89 Å². The Morgan fingerprint density at radius 1 is 1.32 bits per heavy atom. The summed E-state index contributed by atoms with van der Waals surface area (Å²) < 4.78 is 0. The Balaban J connectivity index is 1.73. The molecule has 1 N–H and O–H groups in total. The van der Waals surface area contributed by atoms with Gasteiger partial charge in [0.1, 0.15) is 5.66 Å². The third-order valence-corrected chi connectivity index (χ3v) is 4.65. The van der Waals surface area contributed by atoms with E-state index in [0.717, 1.165) is 18.9 Å². The van der Waals surface area contributed by atoms with E-state index >= 15 is 0 Å². The second-order valence-corrected chi connectivity index (χ2v) is 5.80. The molecule has 19 heavy (non-hydrogen) atoms. The van der Waals surface area contributed by atoms with Gasteiger partial charge in [-0.25, -0.2) is 0 Å². The van der Waals surface area contributed by atoms with Gasteiger partial charge in [0, 0.05) is 19.3 Å². The first-order valence-electron chi connectivity index (χ1n) is 7.99. The molecule has 2 aliphatic rings. The van der Waals surface area contributed by atoms with Crippen molar-refractivity contribution in [3.63, 3.8) is 0 Å². The lowest BCUT2D eigenvalue weighted by molar-refractivity contribution is 0.0844. The molecule has 0 saturated carbocycles. The molecule has 0 amide bonds. The van der Waals surface area contributed by atoms with E-state index in [2.05, 4.69) is 36.2 Å². The van der Waals surface area contributed by atoms with Crippen molar-refractivity contribution < 1.29 is 0 Å². The Morgan fingerprint density at radius 3 is 2.68 bits per heavy atom. The summed E-state index contributed by atoms with van der Waals surface area (Å²) in [5, 5.41) is 3.42. The number of likely N-dealkylation sites (tertiary alicyclic amines) is 1. The van der Waals surface area contributed by atoms with Gasteiger partial charge >= 0.3 is 0 Å². The third-order valence-electron chi connectivity index (χ3n) is 4.65. The fourth-order valence-electron chi connectivity index (χ4n) is 3.33. The minimum atomic E-state index is -0.00522. The van der Waals surface area contributed by atoms with E-state index in [-0.39, 0.29) is 5.66 Å². The van der Waals surface area contributed by atoms with Crippen LogP contribution in [0.5, 0.6) is 0 Å². The summed E-state index contributed by atoms with van der Waals surface area (Å²) in [4.78, 5) is 7.28. The number of hydrogen-bond acceptors (Lipinski definition) is 3. The summed E-state index contributed by atoms with van der Waals surface area (Å²) in [7, 11) is 0. The van der Waals surface area contributed by atoms with Crippen LogP contribution in [0.2, 0.25) is 0 Å². The van der Waals surface area contributed by atoms with Crippen molar-refractivity contribution in [1.29, 1.82) is 0 Å². The first-order chi connectivity index (χ1) is 9.30. The highest BCUT2D eigenvalue weighted by Gasteiger charge is 2.35. The molecule has 0 aliphatic carbocycles. The van der Waals surface area contributed by atoms with E-state index in [0.29, 0.717) is 0 Å². The summed E-state index contributed by atoms with van der Waals surface area (Å²) in [6.07, 6.45) is 12.8. The van der Waals surface area contributed by atoms with Gasteiger partial charge in [-0.15, -0.1) is 0 Å². The number of aliphatic imine (C=N–C) groups is 1. The summed E-state index contributed by atoms with van der Waals surface area (Å²) in [5.41, 5.74) is -0.00522. The molecule has 0 bridgehead atoms. The molecule has 0 radical (unpaired) electrons. The maximum Gasteiger partial charge on any atom is 0.131 e. The standard InChI is InChI=1S/C16H29N3/c1-3-16(10-6-12-18-16)19-13-8-15(9-14-19)7-5-11-17-4-2/h6,10,12,15,17H,3-5,7-9,11,13-14H2,1-2H3. The predicted octanol–water partition coefficient (Wildman–Crippen LogP) is 2.84. The van der Waals surface area contributed by atoms with Gasteiger partial charge < -0.3 is 5.32 Å². The fraction of sp³-hybridized carbons (Fsp3) is 0.812. The minimum absolute atomic E-state index is 0.00522. The molecule has 0 aromatic rings. The van der Waals surface area contributed by atoms with Crippen molar-refractivity contribution in [3.05, 3.63) is 12.2 Å². The number of rotatable bonds is 7. The second kappa shape index (κ2) is 7.20. The zero-order valence-electron chi connectivity index (χ0n) is 12.6. The van der Waals surface area contributed by atoms with Crippen LogP contribution in [0.25, 0.3) is 0 Å². The first kappa shape index (κ1) is 14.7. The lowest BCUT2D eigenvalue weighted by atomic mass is 9.90. The molecular formula is C16H29N3. The Hall–Kier alpha value is -0.670. The van der Waals surface area contributed by atoms with Crippen LogP contribution in [-0.4, -0.2) is 43.0 Å². The van der Waals surface area contributed by atoms with Gasteiger partial charge in [-0.05, 0) is 63.3 Å². The van der Waals surface area contributed by atoms with Crippen molar-refractivity contribution in [1.82, 2.24) is 10.2 Å². The Bertz CT molecular complexity index is 302. The second-order valence-electron chi connectivity index (χ2n) is 5.80. The maximum absolute atomic E-state index is 4.70. The van der Waals surface area contributed by atoms with Crippen LogP contribution < -0.4 is 5.32 Å². The molecule has 1 unspecified atom stereocenters. The first-order valence-corrected chi connectivity index (χ1v) is 7.99. The molecular weight excluding hydrogens is 234 g/mol. The van der Waals surface area contributed by atoms with Crippen LogP contribution in [-0.2, 0) is 0 Å². The van der Waals surface area contributed by atoms with Gasteiger partial charge in [0.05, 0.1) is 0 Å². The quantitative estimate of drug-likeness (QED) is 0.715. The van der Waals surface area contributed by atoms with Crippen LogP contribution in [0.15, 0.2) is 17.1 Å². The highest BCUT2D eigenvalue weighted by atomic mass is 15.3. The topological polar surface area (TPSA) is 27.6 Å². The molecule has 3 heteroatoms. The summed E-state index contributed by atoms with van der Waals surface area (Å²) in [6, 6.07) is 0. The smallest absolute Gasteiger partial charge is 0.131 e. The molecule has 0 spiro atoms. The Labute approximate surface area is 118 Å². The zero-order chi connectivity index (χ0) is 13.6. The largest absolute Gasteiger partial charge is 0.317 e. The molecule has 1 saturated heterocycles. The van der Waals surface area contributed by atoms with E-state index in [1.165, 1.54) is 45.3 Å². The molecule has 2 rings (SSSR count). The van der Waals surface area contributed by atoms with Gasteiger partial charge in [-0.1, -0.05) is 13.8 Å². The number of hydrogen-bond donors (Lipinski definition) is 1. The lowest BCUT2D eigenvalue weighted by Gasteiger charge is -2.41. The van der Waals surface area contributed by atoms with Gasteiger partial charge in [0.2, 0.25) is 0 Å². The van der Waals surface area contributed by atoms with Crippen LogP contribution >= 0.6 is 0 Å². The predicted molar refractivity (Wildman–Crippen MR) is 82.7 cm³/mol. The lowest BCUT2D eigenvalue weighted by Crippen LogP contribution is -2.48. The maximum atomic E-state index is 4.70. The number of allylic oxidation sites excluding steroid dienone is 1. The van der Waals surface area contributed by atoms with Crippen molar-refractivity contribution >= 4 is 6.21 Å². The van der Waals surface area contributed by atoms with Gasteiger partial charge in [-0.2, -0.15) is 0 Å². The molecule has 0 aromatic heterocycles. The van der Waals surface area contributed by atoms with Crippen molar-refractivity contribution in [2.24, 2.45) is 10.9 Å². The molecule has 2 heterocycles. The molecule has 1 fully saturated rings. The fourth-order valence-corrected chi connectivity index (χ4v) is 3.33. The van der Waals surface area contributed by atoms with E-state index in [1.807, 2.05) is 6.21 Å². The van der Waals surface area contributed by atoms with Crippen LogP contribution in [0, 0.1) is 5.92 Å². The summed E-state index contributed by atoms with van der Waals surface area (Å²) in [6.45, 7) is 9.13. The van der Waals surface area contributed by atoms with Crippen LogP contribution in [0.3, 0.4) is 0 Å². The number of nitrogens with zero attached hydrogens (tertiary/aromatic N) is 2. The van der Waals surface area contributed by atoms with Crippen LogP contribution in [0.4, 0.5) is 0 Å². The molecule has 1 atom stereocenters. The monoisotopic (exact) mass is 263 g/mol. The number of piperidine rings is 1. The van der Waals surface area contributed by atoms with E-state index in [4.69, 9.17) is 4.99 Å². The zero-order valence-corrected chi connectivity index (χ0v) is 12.6. The molecule has 108 valence electrons. The molecule has 2 aliphatic heterocycles. The minimum Gasteiger partial charge on any atom is -0.317 e. The van der Waals surface area contributed by atoms with Crippen molar-refractivity contribution in [3.8, 4) is 0 Å². The third kappa shape index (κ3) is 3.67. The van der Waals surface area contributed by atoms with E-state index < -0.39 is 0 Å². The Morgan fingerprint density at radius 2 is 2.11 bits per heavy atom.